The number of aldehydes is 1. The Morgan fingerprint density at radius 1 is 1.58 bits per heavy atom. The summed E-state index contributed by atoms with van der Waals surface area (Å²) in [5.74, 6) is 0. The highest BCUT2D eigenvalue weighted by atomic mass is 79.9. The fourth-order valence-electron chi connectivity index (χ4n) is 1.09. The van der Waals surface area contributed by atoms with Crippen molar-refractivity contribution in [2.45, 2.75) is 0 Å². The van der Waals surface area contributed by atoms with Gasteiger partial charge in [-0.25, -0.2) is 0 Å². The van der Waals surface area contributed by atoms with Crippen molar-refractivity contribution in [3.63, 3.8) is 0 Å². The Balaban J connectivity index is 2.81. The van der Waals surface area contributed by atoms with Gasteiger partial charge in [-0.05, 0) is 22.0 Å². The number of pyridine rings is 1. The zero-order valence-corrected chi connectivity index (χ0v) is 7.63. The molecule has 0 amide bonds. The molecular formula is C8H5BrN2O. The number of halogens is 1. The van der Waals surface area contributed by atoms with E-state index in [-0.39, 0.29) is 0 Å². The van der Waals surface area contributed by atoms with Gasteiger partial charge in [-0.1, -0.05) is 0 Å². The summed E-state index contributed by atoms with van der Waals surface area (Å²) < 4.78 is 0.897. The molecule has 0 aliphatic rings. The Morgan fingerprint density at radius 3 is 3.17 bits per heavy atom. The van der Waals surface area contributed by atoms with E-state index in [1.54, 1.807) is 12.4 Å². The van der Waals surface area contributed by atoms with Gasteiger partial charge in [0, 0.05) is 16.9 Å². The SMILES string of the molecule is O=Cc1c[nH]c2cc(Br)cnc12. The zero-order valence-electron chi connectivity index (χ0n) is 6.04. The molecule has 0 spiro atoms. The van der Waals surface area contributed by atoms with Crippen LogP contribution in [0.1, 0.15) is 10.4 Å². The summed E-state index contributed by atoms with van der Waals surface area (Å²) in [5.41, 5.74) is 2.18. The minimum atomic E-state index is 0.595. The largest absolute Gasteiger partial charge is 0.359 e. The third kappa shape index (κ3) is 1.04. The van der Waals surface area contributed by atoms with Crippen LogP contribution in [0.15, 0.2) is 22.9 Å². The van der Waals surface area contributed by atoms with Crippen molar-refractivity contribution in [1.82, 2.24) is 9.97 Å². The van der Waals surface area contributed by atoms with Crippen molar-refractivity contribution in [3.05, 3.63) is 28.5 Å². The molecule has 0 aliphatic heterocycles. The predicted octanol–water partition coefficient (Wildman–Crippen LogP) is 2.14. The van der Waals surface area contributed by atoms with Gasteiger partial charge >= 0.3 is 0 Å². The summed E-state index contributed by atoms with van der Waals surface area (Å²) in [5, 5.41) is 0. The normalized spacial score (nSPS) is 10.4. The van der Waals surface area contributed by atoms with Gasteiger partial charge in [0.15, 0.2) is 6.29 Å². The molecule has 0 saturated heterocycles. The molecule has 0 atom stereocenters. The third-order valence-electron chi connectivity index (χ3n) is 1.64. The molecule has 0 bridgehead atoms. The van der Waals surface area contributed by atoms with Crippen molar-refractivity contribution in [2.24, 2.45) is 0 Å². The molecule has 0 fully saturated rings. The molecule has 2 rings (SSSR count). The first-order chi connectivity index (χ1) is 5.81. The van der Waals surface area contributed by atoms with Crippen molar-refractivity contribution < 1.29 is 4.79 Å². The second-order valence-electron chi connectivity index (χ2n) is 2.41. The van der Waals surface area contributed by atoms with Crippen LogP contribution in [-0.4, -0.2) is 16.3 Å². The quantitative estimate of drug-likeness (QED) is 0.755. The van der Waals surface area contributed by atoms with Crippen LogP contribution >= 0.6 is 15.9 Å². The van der Waals surface area contributed by atoms with Crippen LogP contribution in [0.25, 0.3) is 11.0 Å². The van der Waals surface area contributed by atoms with E-state index in [1.165, 1.54) is 0 Å². The van der Waals surface area contributed by atoms with E-state index in [0.717, 1.165) is 16.3 Å². The van der Waals surface area contributed by atoms with Crippen LogP contribution in [0.5, 0.6) is 0 Å². The van der Waals surface area contributed by atoms with Crippen LogP contribution in [-0.2, 0) is 0 Å². The fraction of sp³-hybridized carbons (Fsp3) is 0. The Kier molecular flexibility index (Phi) is 1.69. The second kappa shape index (κ2) is 2.71. The average Bonchev–Trinajstić information content (AvgIpc) is 2.46. The summed E-state index contributed by atoms with van der Waals surface area (Å²) in [6, 6.07) is 1.88. The van der Waals surface area contributed by atoms with Crippen molar-refractivity contribution in [1.29, 1.82) is 0 Å². The number of aromatic amines is 1. The molecule has 2 aromatic heterocycles. The number of fused-ring (bicyclic) bond motifs is 1. The van der Waals surface area contributed by atoms with Crippen LogP contribution < -0.4 is 0 Å². The lowest BCUT2D eigenvalue weighted by Crippen LogP contribution is -1.79. The molecule has 1 N–H and O–H groups in total. The Labute approximate surface area is 76.9 Å². The molecule has 2 aromatic rings. The minimum Gasteiger partial charge on any atom is -0.359 e. The molecule has 4 heteroatoms. The number of hydrogen-bond acceptors (Lipinski definition) is 2. The molecule has 2 heterocycles. The van der Waals surface area contributed by atoms with E-state index in [9.17, 15) is 4.79 Å². The Bertz CT molecular complexity index is 436. The number of hydrogen-bond donors (Lipinski definition) is 1. The standard InChI is InChI=1S/C8H5BrN2O/c9-6-1-7-8(11-3-6)5(4-12)2-10-7/h1-4,10H. The van der Waals surface area contributed by atoms with Gasteiger partial charge in [-0.2, -0.15) is 0 Å². The van der Waals surface area contributed by atoms with E-state index >= 15 is 0 Å². The molecule has 0 aliphatic carbocycles. The van der Waals surface area contributed by atoms with E-state index in [2.05, 4.69) is 25.9 Å². The number of rotatable bonds is 1. The van der Waals surface area contributed by atoms with Crippen molar-refractivity contribution in [3.8, 4) is 0 Å². The summed E-state index contributed by atoms with van der Waals surface area (Å²) in [4.78, 5) is 17.6. The van der Waals surface area contributed by atoms with Crippen LogP contribution in [0.2, 0.25) is 0 Å². The van der Waals surface area contributed by atoms with Gasteiger partial charge in [-0.15, -0.1) is 0 Å². The van der Waals surface area contributed by atoms with Gasteiger partial charge in [0.25, 0.3) is 0 Å². The highest BCUT2D eigenvalue weighted by Gasteiger charge is 2.02. The molecule has 0 unspecified atom stereocenters. The highest BCUT2D eigenvalue weighted by molar-refractivity contribution is 9.10. The number of carbonyl (C=O) groups is 1. The van der Waals surface area contributed by atoms with Gasteiger partial charge in [0.2, 0.25) is 0 Å². The average molecular weight is 225 g/mol. The molecule has 0 aromatic carbocycles. The highest BCUT2D eigenvalue weighted by Crippen LogP contribution is 2.17. The summed E-state index contributed by atoms with van der Waals surface area (Å²) in [7, 11) is 0. The molecule has 0 radical (unpaired) electrons. The van der Waals surface area contributed by atoms with E-state index in [4.69, 9.17) is 0 Å². The third-order valence-corrected chi connectivity index (χ3v) is 2.07. The molecule has 0 saturated carbocycles. The number of nitrogens with zero attached hydrogens (tertiary/aromatic N) is 1. The minimum absolute atomic E-state index is 0.595. The lowest BCUT2D eigenvalue weighted by molar-refractivity contribution is 0.112. The number of nitrogens with one attached hydrogen (secondary N) is 1. The van der Waals surface area contributed by atoms with Gasteiger partial charge in [0.1, 0.15) is 0 Å². The molecule has 60 valence electrons. The molecule has 3 nitrogen and oxygen atoms in total. The van der Waals surface area contributed by atoms with Crippen LogP contribution in [0.4, 0.5) is 0 Å². The van der Waals surface area contributed by atoms with Crippen LogP contribution in [0, 0.1) is 0 Å². The maximum atomic E-state index is 10.5. The van der Waals surface area contributed by atoms with E-state index < -0.39 is 0 Å². The summed E-state index contributed by atoms with van der Waals surface area (Å²) in [6.07, 6.45) is 4.11. The topological polar surface area (TPSA) is 45.8 Å². The van der Waals surface area contributed by atoms with Gasteiger partial charge in [-0.3, -0.25) is 9.78 Å². The first-order valence-electron chi connectivity index (χ1n) is 3.39. The first-order valence-corrected chi connectivity index (χ1v) is 4.18. The summed E-state index contributed by atoms with van der Waals surface area (Å²) in [6.45, 7) is 0. The monoisotopic (exact) mass is 224 g/mol. The first kappa shape index (κ1) is 7.49. The van der Waals surface area contributed by atoms with Gasteiger partial charge in [0.05, 0.1) is 16.6 Å². The Morgan fingerprint density at radius 2 is 2.42 bits per heavy atom. The van der Waals surface area contributed by atoms with E-state index in [1.807, 2.05) is 6.07 Å². The maximum absolute atomic E-state index is 10.5. The number of H-pyrrole nitrogens is 1. The smallest absolute Gasteiger partial charge is 0.153 e. The fourth-order valence-corrected chi connectivity index (χ4v) is 1.42. The van der Waals surface area contributed by atoms with E-state index in [0.29, 0.717) is 11.1 Å². The predicted molar refractivity (Wildman–Crippen MR) is 49.2 cm³/mol. The Hall–Kier alpha value is -1.16. The molecular weight excluding hydrogens is 220 g/mol. The lowest BCUT2D eigenvalue weighted by atomic mass is 10.3. The molecule has 12 heavy (non-hydrogen) atoms. The second-order valence-corrected chi connectivity index (χ2v) is 3.33. The number of carbonyl (C=O) groups excluding carboxylic acids is 1. The number of aromatic nitrogens is 2. The van der Waals surface area contributed by atoms with Crippen molar-refractivity contribution >= 4 is 33.2 Å². The van der Waals surface area contributed by atoms with Crippen molar-refractivity contribution in [2.75, 3.05) is 0 Å². The summed E-state index contributed by atoms with van der Waals surface area (Å²) >= 11 is 3.29. The van der Waals surface area contributed by atoms with Crippen LogP contribution in [0.3, 0.4) is 0 Å². The lowest BCUT2D eigenvalue weighted by Gasteiger charge is -1.90. The zero-order chi connectivity index (χ0) is 8.55. The van der Waals surface area contributed by atoms with Gasteiger partial charge < -0.3 is 4.98 Å². The maximum Gasteiger partial charge on any atom is 0.153 e.